The van der Waals surface area contributed by atoms with Crippen molar-refractivity contribution in [1.29, 1.82) is 0 Å². The Labute approximate surface area is 122 Å². The van der Waals surface area contributed by atoms with E-state index in [1.54, 1.807) is 11.6 Å². The molecule has 1 saturated carbocycles. The first-order valence-electron chi connectivity index (χ1n) is 5.98. The van der Waals surface area contributed by atoms with E-state index in [-0.39, 0.29) is 5.69 Å². The Bertz CT molecular complexity index is 649. The van der Waals surface area contributed by atoms with Crippen LogP contribution in [0, 0.1) is 10.1 Å². The van der Waals surface area contributed by atoms with Gasteiger partial charge in [0.2, 0.25) is 5.16 Å². The van der Waals surface area contributed by atoms with Gasteiger partial charge in [-0.1, -0.05) is 0 Å². The summed E-state index contributed by atoms with van der Waals surface area (Å²) in [5.74, 6) is 0. The lowest BCUT2D eigenvalue weighted by Crippen LogP contribution is -1.98. The summed E-state index contributed by atoms with van der Waals surface area (Å²) in [5, 5.41) is 32.6. The number of thiophene rings is 1. The normalized spacial score (nSPS) is 16.3. The van der Waals surface area contributed by atoms with Crippen molar-refractivity contribution in [2.75, 3.05) is 0 Å². The summed E-state index contributed by atoms with van der Waals surface area (Å²) < 4.78 is 2.19. The van der Waals surface area contributed by atoms with Crippen LogP contribution < -0.4 is 0 Å². The van der Waals surface area contributed by atoms with E-state index in [0.717, 1.165) is 12.8 Å². The Morgan fingerprint density at radius 2 is 2.40 bits per heavy atom. The molecule has 0 aromatic carbocycles. The molecule has 8 nitrogen and oxygen atoms in total. The molecule has 1 fully saturated rings. The summed E-state index contributed by atoms with van der Waals surface area (Å²) in [4.78, 5) is 11.2. The van der Waals surface area contributed by atoms with E-state index in [0.29, 0.717) is 20.3 Å². The van der Waals surface area contributed by atoms with Gasteiger partial charge in [-0.25, -0.2) is 4.68 Å². The molecule has 10 heteroatoms. The maximum atomic E-state index is 11.1. The Balaban J connectivity index is 1.92. The number of hydrogen-bond acceptors (Lipinski definition) is 8. The number of nitrogens with zero attached hydrogens (tertiary/aromatic N) is 5. The number of aliphatic hydroxyl groups is 1. The average molecular weight is 313 g/mol. The predicted molar refractivity (Wildman–Crippen MR) is 71.8 cm³/mol. The van der Waals surface area contributed by atoms with E-state index < -0.39 is 11.0 Å². The number of nitro groups is 1. The maximum Gasteiger partial charge on any atom is 0.294 e. The number of tetrazole rings is 1. The van der Waals surface area contributed by atoms with Crippen LogP contribution in [0.25, 0.3) is 0 Å². The minimum Gasteiger partial charge on any atom is -0.388 e. The van der Waals surface area contributed by atoms with Crippen LogP contribution in [0.5, 0.6) is 0 Å². The Morgan fingerprint density at radius 3 is 3.00 bits per heavy atom. The maximum absolute atomic E-state index is 11.1. The molecule has 106 valence electrons. The van der Waals surface area contributed by atoms with Gasteiger partial charge in [0.25, 0.3) is 5.69 Å². The van der Waals surface area contributed by atoms with Crippen LogP contribution in [0.2, 0.25) is 0 Å². The molecule has 2 aromatic rings. The summed E-state index contributed by atoms with van der Waals surface area (Å²) in [6.07, 6.45) is 1.33. The molecule has 1 aliphatic carbocycles. The van der Waals surface area contributed by atoms with Crippen LogP contribution in [-0.4, -0.2) is 30.2 Å². The smallest absolute Gasteiger partial charge is 0.294 e. The molecule has 0 radical (unpaired) electrons. The second-order valence-corrected chi connectivity index (χ2v) is 6.81. The molecule has 0 spiro atoms. The fourth-order valence-electron chi connectivity index (χ4n) is 1.67. The van der Waals surface area contributed by atoms with Gasteiger partial charge in [0.1, 0.15) is 4.21 Å². The van der Waals surface area contributed by atoms with Gasteiger partial charge >= 0.3 is 0 Å². The van der Waals surface area contributed by atoms with Crippen LogP contribution in [0.4, 0.5) is 5.69 Å². The molecule has 1 N–H and O–H groups in total. The molecule has 1 unspecified atom stereocenters. The number of aliphatic hydroxyl groups excluding tert-OH is 1. The number of hydrogen-bond donors (Lipinski definition) is 1. The van der Waals surface area contributed by atoms with Crippen molar-refractivity contribution >= 4 is 28.8 Å². The van der Waals surface area contributed by atoms with E-state index in [1.165, 1.54) is 29.2 Å². The zero-order valence-electron chi connectivity index (χ0n) is 10.5. The van der Waals surface area contributed by atoms with Crippen molar-refractivity contribution in [2.45, 2.75) is 41.3 Å². The van der Waals surface area contributed by atoms with Crippen LogP contribution >= 0.6 is 23.1 Å². The Kier molecular flexibility index (Phi) is 3.44. The lowest BCUT2D eigenvalue weighted by Gasteiger charge is -2.00. The van der Waals surface area contributed by atoms with Gasteiger partial charge in [-0.3, -0.25) is 10.1 Å². The standard InChI is InChI=1S/C10H11N5O3S2/c1-5(16)8-4-7(15(17)18)9(19-8)20-10-11-12-13-14(10)6-2-3-6/h4-6,16H,2-3H2,1H3. The van der Waals surface area contributed by atoms with Crippen molar-refractivity contribution < 1.29 is 10.0 Å². The van der Waals surface area contributed by atoms with Crippen LogP contribution in [-0.2, 0) is 0 Å². The Morgan fingerprint density at radius 1 is 1.65 bits per heavy atom. The largest absolute Gasteiger partial charge is 0.388 e. The Hall–Kier alpha value is -1.52. The van der Waals surface area contributed by atoms with Gasteiger partial charge in [-0.2, -0.15) is 0 Å². The first-order valence-corrected chi connectivity index (χ1v) is 7.61. The van der Waals surface area contributed by atoms with Crippen molar-refractivity contribution in [3.05, 3.63) is 21.1 Å². The summed E-state index contributed by atoms with van der Waals surface area (Å²) in [6, 6.07) is 1.71. The van der Waals surface area contributed by atoms with Gasteiger partial charge in [0.15, 0.2) is 0 Å². The highest BCUT2D eigenvalue weighted by Crippen LogP contribution is 2.44. The van der Waals surface area contributed by atoms with Gasteiger partial charge in [-0.15, -0.1) is 16.4 Å². The molecule has 1 aliphatic rings. The molecule has 2 heterocycles. The van der Waals surface area contributed by atoms with Crippen LogP contribution in [0.15, 0.2) is 15.4 Å². The summed E-state index contributed by atoms with van der Waals surface area (Å²) in [5.41, 5.74) is -0.0127. The molecule has 0 amide bonds. The molecule has 0 aliphatic heterocycles. The minimum atomic E-state index is -0.729. The third-order valence-electron chi connectivity index (χ3n) is 2.85. The lowest BCUT2D eigenvalue weighted by molar-refractivity contribution is -0.387. The van der Waals surface area contributed by atoms with Crippen molar-refractivity contribution in [1.82, 2.24) is 20.2 Å². The average Bonchev–Trinajstić information content (AvgIpc) is 2.97. The van der Waals surface area contributed by atoms with E-state index in [1.807, 2.05) is 0 Å². The van der Waals surface area contributed by atoms with Gasteiger partial charge in [0.05, 0.1) is 17.1 Å². The van der Waals surface area contributed by atoms with Crippen LogP contribution in [0.3, 0.4) is 0 Å². The monoisotopic (exact) mass is 313 g/mol. The predicted octanol–water partition coefficient (Wildman–Crippen LogP) is 2.18. The highest BCUT2D eigenvalue weighted by molar-refractivity contribution is 8.01. The highest BCUT2D eigenvalue weighted by Gasteiger charge is 2.30. The fourth-order valence-corrected chi connectivity index (χ4v) is 3.91. The summed E-state index contributed by atoms with van der Waals surface area (Å²) in [6.45, 7) is 1.58. The van der Waals surface area contributed by atoms with Crippen LogP contribution in [0.1, 0.15) is 36.8 Å². The molecular formula is C10H11N5O3S2. The number of rotatable bonds is 5. The van der Waals surface area contributed by atoms with E-state index >= 15 is 0 Å². The fraction of sp³-hybridized carbons (Fsp3) is 0.500. The second-order valence-electron chi connectivity index (χ2n) is 4.49. The highest BCUT2D eigenvalue weighted by atomic mass is 32.2. The topological polar surface area (TPSA) is 107 Å². The molecular weight excluding hydrogens is 302 g/mol. The number of aromatic nitrogens is 4. The second kappa shape index (κ2) is 5.11. The molecule has 0 bridgehead atoms. The molecule has 3 rings (SSSR count). The van der Waals surface area contributed by atoms with E-state index in [9.17, 15) is 15.2 Å². The quantitative estimate of drug-likeness (QED) is 0.666. The zero-order chi connectivity index (χ0) is 14.3. The first-order chi connectivity index (χ1) is 9.56. The summed E-state index contributed by atoms with van der Waals surface area (Å²) in [7, 11) is 0. The zero-order valence-corrected chi connectivity index (χ0v) is 12.1. The molecule has 2 aromatic heterocycles. The van der Waals surface area contributed by atoms with E-state index in [2.05, 4.69) is 15.5 Å². The van der Waals surface area contributed by atoms with Gasteiger partial charge < -0.3 is 5.11 Å². The first kappa shape index (κ1) is 13.5. The third-order valence-corrected chi connectivity index (χ3v) is 5.28. The molecule has 1 atom stereocenters. The van der Waals surface area contributed by atoms with Gasteiger partial charge in [-0.05, 0) is 42.0 Å². The van der Waals surface area contributed by atoms with E-state index in [4.69, 9.17) is 0 Å². The molecule has 20 heavy (non-hydrogen) atoms. The van der Waals surface area contributed by atoms with Gasteiger partial charge in [0, 0.05) is 10.9 Å². The SMILES string of the molecule is CC(O)c1cc([N+](=O)[O-])c(Sc2nnnn2C2CC2)s1. The van der Waals surface area contributed by atoms with Crippen molar-refractivity contribution in [3.63, 3.8) is 0 Å². The lowest BCUT2D eigenvalue weighted by atomic mass is 10.3. The summed E-state index contributed by atoms with van der Waals surface area (Å²) >= 11 is 2.37. The third kappa shape index (κ3) is 2.53. The van der Waals surface area contributed by atoms with Crippen molar-refractivity contribution in [2.24, 2.45) is 0 Å². The molecule has 0 saturated heterocycles. The minimum absolute atomic E-state index is 0.0127. The van der Waals surface area contributed by atoms with Crippen molar-refractivity contribution in [3.8, 4) is 0 Å².